The highest BCUT2D eigenvalue weighted by Crippen LogP contribution is 2.35. The molecule has 0 saturated heterocycles. The summed E-state index contributed by atoms with van der Waals surface area (Å²) in [5.74, 6) is -0.120. The first kappa shape index (κ1) is 13.7. The van der Waals surface area contributed by atoms with Crippen LogP contribution in [0, 0.1) is 0 Å². The molecular weight excluding hydrogens is 264 g/mol. The number of benzene rings is 1. The number of carbonyl (C=O) groups excluding carboxylic acids is 1. The fraction of sp³-hybridized carbons (Fsp3) is 0.375. The number of carbonyl (C=O) groups is 1. The first-order valence-corrected chi connectivity index (χ1v) is 7.31. The summed E-state index contributed by atoms with van der Waals surface area (Å²) in [4.78, 5) is 14.4. The lowest BCUT2D eigenvalue weighted by atomic mass is 10.1. The van der Waals surface area contributed by atoms with Crippen molar-refractivity contribution in [1.82, 2.24) is 15.1 Å². The SMILES string of the molecule is CCc1[nH]nc(C(=O)N(C)C2CCc3ccccc32)c1N. The summed E-state index contributed by atoms with van der Waals surface area (Å²) in [7, 11) is 1.83. The zero-order valence-corrected chi connectivity index (χ0v) is 12.4. The average Bonchev–Trinajstić information content (AvgIpc) is 3.09. The average molecular weight is 284 g/mol. The number of nitrogens with one attached hydrogen (secondary N) is 1. The first-order valence-electron chi connectivity index (χ1n) is 7.31. The molecule has 3 rings (SSSR count). The van der Waals surface area contributed by atoms with Gasteiger partial charge in [0.05, 0.1) is 17.4 Å². The Morgan fingerprint density at radius 1 is 1.48 bits per heavy atom. The highest BCUT2D eigenvalue weighted by atomic mass is 16.2. The van der Waals surface area contributed by atoms with Crippen LogP contribution in [0.25, 0.3) is 0 Å². The van der Waals surface area contributed by atoms with Crippen LogP contribution in [-0.4, -0.2) is 28.1 Å². The van der Waals surface area contributed by atoms with Gasteiger partial charge in [0, 0.05) is 7.05 Å². The topological polar surface area (TPSA) is 75.0 Å². The minimum absolute atomic E-state index is 0.106. The van der Waals surface area contributed by atoms with Crippen molar-refractivity contribution in [1.29, 1.82) is 0 Å². The molecule has 1 atom stereocenters. The van der Waals surface area contributed by atoms with Crippen LogP contribution < -0.4 is 5.73 Å². The van der Waals surface area contributed by atoms with Crippen molar-refractivity contribution in [3.05, 3.63) is 46.8 Å². The van der Waals surface area contributed by atoms with Gasteiger partial charge in [-0.15, -0.1) is 0 Å². The lowest BCUT2D eigenvalue weighted by molar-refractivity contribution is 0.0725. The van der Waals surface area contributed by atoms with Crippen LogP contribution >= 0.6 is 0 Å². The molecule has 21 heavy (non-hydrogen) atoms. The molecule has 1 heterocycles. The van der Waals surface area contributed by atoms with Gasteiger partial charge in [-0.2, -0.15) is 5.10 Å². The second kappa shape index (κ2) is 5.24. The monoisotopic (exact) mass is 284 g/mol. The van der Waals surface area contributed by atoms with Crippen LogP contribution in [0.5, 0.6) is 0 Å². The molecule has 0 fully saturated rings. The molecule has 1 aliphatic carbocycles. The third-order valence-electron chi connectivity index (χ3n) is 4.33. The number of aryl methyl sites for hydroxylation is 2. The zero-order chi connectivity index (χ0) is 15.0. The van der Waals surface area contributed by atoms with Crippen LogP contribution in [0.1, 0.15) is 46.7 Å². The zero-order valence-electron chi connectivity index (χ0n) is 12.4. The van der Waals surface area contributed by atoms with Crippen molar-refractivity contribution in [2.24, 2.45) is 0 Å². The molecule has 2 aromatic rings. The number of rotatable bonds is 3. The van der Waals surface area contributed by atoms with Crippen LogP contribution in [0.15, 0.2) is 24.3 Å². The Morgan fingerprint density at radius 2 is 2.24 bits per heavy atom. The number of nitrogen functional groups attached to an aromatic ring is 1. The third kappa shape index (κ3) is 2.18. The molecule has 0 spiro atoms. The summed E-state index contributed by atoms with van der Waals surface area (Å²) in [5.41, 5.74) is 10.2. The van der Waals surface area contributed by atoms with Crippen molar-refractivity contribution < 1.29 is 4.79 Å². The Labute approximate surface area is 124 Å². The molecule has 1 amide bonds. The van der Waals surface area contributed by atoms with Crippen molar-refractivity contribution in [3.8, 4) is 0 Å². The van der Waals surface area contributed by atoms with Gasteiger partial charge in [-0.25, -0.2) is 0 Å². The number of H-pyrrole nitrogens is 1. The number of aromatic nitrogens is 2. The summed E-state index contributed by atoms with van der Waals surface area (Å²) in [6.07, 6.45) is 2.70. The number of hydrogen-bond acceptors (Lipinski definition) is 3. The fourth-order valence-electron chi connectivity index (χ4n) is 3.06. The van der Waals surface area contributed by atoms with E-state index in [-0.39, 0.29) is 11.9 Å². The van der Waals surface area contributed by atoms with E-state index in [2.05, 4.69) is 22.3 Å². The quantitative estimate of drug-likeness (QED) is 0.908. The molecule has 5 heteroatoms. The first-order chi connectivity index (χ1) is 10.1. The number of anilines is 1. The van der Waals surface area contributed by atoms with E-state index in [4.69, 9.17) is 5.73 Å². The number of nitrogens with zero attached hydrogens (tertiary/aromatic N) is 2. The Hall–Kier alpha value is -2.30. The Bertz CT molecular complexity index is 677. The van der Waals surface area contributed by atoms with Gasteiger partial charge in [0.1, 0.15) is 0 Å². The van der Waals surface area contributed by atoms with Gasteiger partial charge in [0.2, 0.25) is 0 Å². The summed E-state index contributed by atoms with van der Waals surface area (Å²) in [5, 5.41) is 6.94. The van der Waals surface area contributed by atoms with E-state index in [1.54, 1.807) is 4.90 Å². The van der Waals surface area contributed by atoms with E-state index in [0.29, 0.717) is 11.4 Å². The number of amides is 1. The molecule has 5 nitrogen and oxygen atoms in total. The summed E-state index contributed by atoms with van der Waals surface area (Å²) in [6, 6.07) is 8.40. The van der Waals surface area contributed by atoms with Crippen molar-refractivity contribution in [2.45, 2.75) is 32.2 Å². The minimum Gasteiger partial charge on any atom is -0.395 e. The van der Waals surface area contributed by atoms with Crippen molar-refractivity contribution in [2.75, 3.05) is 12.8 Å². The molecular formula is C16H20N4O. The summed E-state index contributed by atoms with van der Waals surface area (Å²) in [6.45, 7) is 1.98. The fourth-order valence-corrected chi connectivity index (χ4v) is 3.06. The van der Waals surface area contributed by atoms with E-state index >= 15 is 0 Å². The lowest BCUT2D eigenvalue weighted by Crippen LogP contribution is -2.31. The number of fused-ring (bicyclic) bond motifs is 1. The lowest BCUT2D eigenvalue weighted by Gasteiger charge is -2.25. The van der Waals surface area contributed by atoms with Crippen LogP contribution in [0.3, 0.4) is 0 Å². The molecule has 1 aliphatic rings. The van der Waals surface area contributed by atoms with Gasteiger partial charge < -0.3 is 10.6 Å². The van der Waals surface area contributed by atoms with Crippen LogP contribution in [0.2, 0.25) is 0 Å². The molecule has 0 aliphatic heterocycles. The second-order valence-corrected chi connectivity index (χ2v) is 5.49. The number of hydrogen-bond donors (Lipinski definition) is 2. The number of nitrogens with two attached hydrogens (primary N) is 1. The van der Waals surface area contributed by atoms with Gasteiger partial charge in [-0.3, -0.25) is 9.89 Å². The highest BCUT2D eigenvalue weighted by Gasteiger charge is 2.30. The maximum absolute atomic E-state index is 12.7. The smallest absolute Gasteiger partial charge is 0.276 e. The predicted octanol–water partition coefficient (Wildman–Crippen LogP) is 2.31. The number of aromatic amines is 1. The van der Waals surface area contributed by atoms with Gasteiger partial charge >= 0.3 is 0 Å². The normalized spacial score (nSPS) is 16.8. The van der Waals surface area contributed by atoms with Crippen molar-refractivity contribution in [3.63, 3.8) is 0 Å². The van der Waals surface area contributed by atoms with E-state index in [0.717, 1.165) is 25.0 Å². The second-order valence-electron chi connectivity index (χ2n) is 5.49. The van der Waals surface area contributed by atoms with Gasteiger partial charge in [-0.1, -0.05) is 31.2 Å². The van der Waals surface area contributed by atoms with Crippen molar-refractivity contribution >= 4 is 11.6 Å². The molecule has 0 radical (unpaired) electrons. The molecule has 110 valence electrons. The Morgan fingerprint density at radius 3 is 2.95 bits per heavy atom. The summed E-state index contributed by atoms with van der Waals surface area (Å²) < 4.78 is 0. The molecule has 0 saturated carbocycles. The predicted molar refractivity (Wildman–Crippen MR) is 82.0 cm³/mol. The minimum atomic E-state index is -0.120. The van der Waals surface area contributed by atoms with E-state index in [9.17, 15) is 4.79 Å². The van der Waals surface area contributed by atoms with E-state index in [1.807, 2.05) is 26.1 Å². The Kier molecular flexibility index (Phi) is 3.41. The molecule has 1 aromatic heterocycles. The van der Waals surface area contributed by atoms with E-state index in [1.165, 1.54) is 11.1 Å². The highest BCUT2D eigenvalue weighted by molar-refractivity contribution is 5.97. The van der Waals surface area contributed by atoms with Gasteiger partial charge in [0.15, 0.2) is 5.69 Å². The maximum Gasteiger partial charge on any atom is 0.276 e. The molecule has 1 unspecified atom stereocenters. The van der Waals surface area contributed by atoms with E-state index < -0.39 is 0 Å². The molecule has 1 aromatic carbocycles. The van der Waals surface area contributed by atoms with Crippen LogP contribution in [-0.2, 0) is 12.8 Å². The molecule has 0 bridgehead atoms. The third-order valence-corrected chi connectivity index (χ3v) is 4.33. The largest absolute Gasteiger partial charge is 0.395 e. The Balaban J connectivity index is 1.87. The van der Waals surface area contributed by atoms with Crippen LogP contribution in [0.4, 0.5) is 5.69 Å². The molecule has 3 N–H and O–H groups in total. The van der Waals surface area contributed by atoms with Gasteiger partial charge in [0.25, 0.3) is 5.91 Å². The van der Waals surface area contributed by atoms with Gasteiger partial charge in [-0.05, 0) is 30.4 Å². The maximum atomic E-state index is 12.7. The summed E-state index contributed by atoms with van der Waals surface area (Å²) >= 11 is 0. The standard InChI is InChI=1S/C16H20N4O/c1-3-12-14(17)15(19-18-12)16(21)20(2)13-9-8-10-6-4-5-7-11(10)13/h4-7,13H,3,8-9,17H2,1-2H3,(H,18,19).